The summed E-state index contributed by atoms with van der Waals surface area (Å²) in [6.07, 6.45) is 4.86. The van der Waals surface area contributed by atoms with Crippen LogP contribution in [0.2, 0.25) is 0 Å². The first kappa shape index (κ1) is 10.4. The van der Waals surface area contributed by atoms with Crippen molar-refractivity contribution in [3.8, 4) is 0 Å². The molecule has 1 aromatic rings. The van der Waals surface area contributed by atoms with Gasteiger partial charge in [-0.1, -0.05) is 0 Å². The molecule has 1 saturated heterocycles. The molecule has 1 fully saturated rings. The summed E-state index contributed by atoms with van der Waals surface area (Å²) in [4.78, 5) is 4.00. The van der Waals surface area contributed by atoms with E-state index in [0.29, 0.717) is 24.3 Å². The fourth-order valence-corrected chi connectivity index (χ4v) is 3.21. The van der Waals surface area contributed by atoms with E-state index in [1.165, 1.54) is 0 Å². The Morgan fingerprint density at radius 2 is 2.07 bits per heavy atom. The summed E-state index contributed by atoms with van der Waals surface area (Å²) < 4.78 is 22.4. The third-order valence-electron chi connectivity index (χ3n) is 2.59. The van der Waals surface area contributed by atoms with Crippen LogP contribution in [0.4, 0.5) is 5.69 Å². The summed E-state index contributed by atoms with van der Waals surface area (Å²) in [5.74, 6) is 0.593. The first-order valence-electron chi connectivity index (χ1n) is 5.03. The fourth-order valence-electron chi connectivity index (χ4n) is 1.72. The van der Waals surface area contributed by atoms with E-state index in [1.54, 1.807) is 12.4 Å². The molecule has 1 aromatic heterocycles. The van der Waals surface area contributed by atoms with Gasteiger partial charge in [-0.15, -0.1) is 0 Å². The van der Waals surface area contributed by atoms with Gasteiger partial charge in [0.1, 0.15) is 9.84 Å². The zero-order valence-corrected chi connectivity index (χ0v) is 9.20. The predicted octanol–water partition coefficient (Wildman–Crippen LogP) is 1.07. The molecule has 1 aliphatic rings. The lowest BCUT2D eigenvalue weighted by Gasteiger charge is -2.23. The van der Waals surface area contributed by atoms with Crippen molar-refractivity contribution in [2.45, 2.75) is 18.9 Å². The van der Waals surface area contributed by atoms with Gasteiger partial charge >= 0.3 is 0 Å². The normalized spacial score (nSPS) is 21.1. The summed E-state index contributed by atoms with van der Waals surface area (Å²) in [6.45, 7) is 0. The molecular formula is C10H14N2O2S. The van der Waals surface area contributed by atoms with E-state index in [9.17, 15) is 8.42 Å². The standard InChI is InChI=1S/C10H14N2O2S/c13-15(14)6-3-9(4-7-15)12-10-2-1-5-11-8-10/h1-2,5,8-9,12H,3-4,6-7H2. The van der Waals surface area contributed by atoms with Gasteiger partial charge in [0.2, 0.25) is 0 Å². The molecule has 15 heavy (non-hydrogen) atoms. The Morgan fingerprint density at radius 1 is 1.33 bits per heavy atom. The number of sulfone groups is 1. The lowest BCUT2D eigenvalue weighted by atomic mass is 10.1. The number of nitrogens with zero attached hydrogens (tertiary/aromatic N) is 1. The van der Waals surface area contributed by atoms with Crippen molar-refractivity contribution in [1.29, 1.82) is 0 Å². The molecule has 0 spiro atoms. The van der Waals surface area contributed by atoms with E-state index in [4.69, 9.17) is 0 Å². The Labute approximate surface area is 89.6 Å². The van der Waals surface area contributed by atoms with Crippen molar-refractivity contribution in [2.75, 3.05) is 16.8 Å². The Kier molecular flexibility index (Phi) is 2.90. The van der Waals surface area contributed by atoms with Crippen molar-refractivity contribution in [2.24, 2.45) is 0 Å². The highest BCUT2D eigenvalue weighted by Gasteiger charge is 2.23. The Morgan fingerprint density at radius 3 is 2.67 bits per heavy atom. The largest absolute Gasteiger partial charge is 0.381 e. The number of hydrogen-bond donors (Lipinski definition) is 1. The van der Waals surface area contributed by atoms with Crippen LogP contribution in [0.15, 0.2) is 24.5 Å². The van der Waals surface area contributed by atoms with E-state index in [0.717, 1.165) is 5.69 Å². The highest BCUT2D eigenvalue weighted by atomic mass is 32.2. The van der Waals surface area contributed by atoms with Crippen LogP contribution in [0.5, 0.6) is 0 Å². The van der Waals surface area contributed by atoms with Gasteiger partial charge < -0.3 is 5.32 Å². The van der Waals surface area contributed by atoms with Gasteiger partial charge in [-0.2, -0.15) is 0 Å². The maximum Gasteiger partial charge on any atom is 0.150 e. The summed E-state index contributed by atoms with van der Waals surface area (Å²) in [5, 5.41) is 3.29. The van der Waals surface area contributed by atoms with Crippen LogP contribution in [-0.2, 0) is 9.84 Å². The van der Waals surface area contributed by atoms with Crippen LogP contribution in [-0.4, -0.2) is 30.9 Å². The molecule has 0 bridgehead atoms. The van der Waals surface area contributed by atoms with Crippen molar-refractivity contribution in [3.63, 3.8) is 0 Å². The summed E-state index contributed by atoms with van der Waals surface area (Å²) in [7, 11) is -2.76. The molecule has 1 N–H and O–H groups in total. The summed E-state index contributed by atoms with van der Waals surface area (Å²) >= 11 is 0. The number of rotatable bonds is 2. The molecule has 5 heteroatoms. The third kappa shape index (κ3) is 2.92. The predicted molar refractivity (Wildman–Crippen MR) is 59.5 cm³/mol. The molecule has 0 amide bonds. The molecule has 82 valence electrons. The maximum atomic E-state index is 11.2. The fraction of sp³-hybridized carbons (Fsp3) is 0.500. The van der Waals surface area contributed by atoms with Gasteiger partial charge in [-0.3, -0.25) is 4.98 Å². The van der Waals surface area contributed by atoms with E-state index in [1.807, 2.05) is 12.1 Å². The highest BCUT2D eigenvalue weighted by Crippen LogP contribution is 2.16. The number of anilines is 1. The average Bonchev–Trinajstić information content (AvgIpc) is 2.23. The van der Waals surface area contributed by atoms with Crippen molar-refractivity contribution >= 4 is 15.5 Å². The molecular weight excluding hydrogens is 212 g/mol. The highest BCUT2D eigenvalue weighted by molar-refractivity contribution is 7.91. The number of pyridine rings is 1. The van der Waals surface area contributed by atoms with Crippen LogP contribution in [0.25, 0.3) is 0 Å². The molecule has 4 nitrogen and oxygen atoms in total. The smallest absolute Gasteiger partial charge is 0.150 e. The lowest BCUT2D eigenvalue weighted by molar-refractivity contribution is 0.559. The van der Waals surface area contributed by atoms with E-state index >= 15 is 0 Å². The van der Waals surface area contributed by atoms with Gasteiger partial charge in [0.05, 0.1) is 17.2 Å². The second-order valence-corrected chi connectivity index (χ2v) is 6.12. The number of aromatic nitrogens is 1. The van der Waals surface area contributed by atoms with Gasteiger partial charge in [0, 0.05) is 18.4 Å². The topological polar surface area (TPSA) is 59.1 Å². The average molecular weight is 226 g/mol. The second kappa shape index (κ2) is 4.18. The lowest BCUT2D eigenvalue weighted by Crippen LogP contribution is -2.32. The monoisotopic (exact) mass is 226 g/mol. The van der Waals surface area contributed by atoms with E-state index in [2.05, 4.69) is 10.3 Å². The van der Waals surface area contributed by atoms with Crippen LogP contribution in [0.3, 0.4) is 0 Å². The van der Waals surface area contributed by atoms with Gasteiger partial charge in [0.25, 0.3) is 0 Å². The zero-order valence-electron chi connectivity index (χ0n) is 8.39. The van der Waals surface area contributed by atoms with Gasteiger partial charge in [-0.05, 0) is 25.0 Å². The minimum Gasteiger partial charge on any atom is -0.381 e. The van der Waals surface area contributed by atoms with Gasteiger partial charge in [-0.25, -0.2) is 8.42 Å². The first-order valence-corrected chi connectivity index (χ1v) is 6.85. The Hall–Kier alpha value is -1.10. The molecule has 0 atom stereocenters. The third-order valence-corrected chi connectivity index (χ3v) is 4.30. The first-order chi connectivity index (χ1) is 7.16. The molecule has 0 saturated carbocycles. The molecule has 1 aliphatic heterocycles. The van der Waals surface area contributed by atoms with Gasteiger partial charge in [0.15, 0.2) is 0 Å². The Balaban J connectivity index is 1.93. The van der Waals surface area contributed by atoms with Crippen LogP contribution in [0.1, 0.15) is 12.8 Å². The van der Waals surface area contributed by atoms with E-state index < -0.39 is 9.84 Å². The molecule has 0 unspecified atom stereocenters. The van der Waals surface area contributed by atoms with E-state index in [-0.39, 0.29) is 6.04 Å². The van der Waals surface area contributed by atoms with Crippen molar-refractivity contribution < 1.29 is 8.42 Å². The van der Waals surface area contributed by atoms with Crippen LogP contribution in [0, 0.1) is 0 Å². The zero-order chi connectivity index (χ0) is 10.7. The van der Waals surface area contributed by atoms with Crippen LogP contribution < -0.4 is 5.32 Å². The van der Waals surface area contributed by atoms with Crippen molar-refractivity contribution in [3.05, 3.63) is 24.5 Å². The molecule has 0 aliphatic carbocycles. The number of hydrogen-bond acceptors (Lipinski definition) is 4. The Bertz CT molecular complexity index is 402. The molecule has 0 radical (unpaired) electrons. The second-order valence-electron chi connectivity index (χ2n) is 3.81. The molecule has 0 aromatic carbocycles. The van der Waals surface area contributed by atoms with Crippen LogP contribution >= 0.6 is 0 Å². The van der Waals surface area contributed by atoms with Crippen molar-refractivity contribution in [1.82, 2.24) is 4.98 Å². The summed E-state index contributed by atoms with van der Waals surface area (Å²) in [6, 6.07) is 4.07. The quantitative estimate of drug-likeness (QED) is 0.819. The molecule has 2 heterocycles. The molecule has 2 rings (SSSR count). The minimum atomic E-state index is -2.76. The summed E-state index contributed by atoms with van der Waals surface area (Å²) in [5.41, 5.74) is 0.960. The minimum absolute atomic E-state index is 0.262. The number of nitrogens with one attached hydrogen (secondary N) is 1. The SMILES string of the molecule is O=S1(=O)CCC(Nc2cccnc2)CC1. The maximum absolute atomic E-state index is 11.2.